The lowest BCUT2D eigenvalue weighted by molar-refractivity contribution is -0.122. The number of aromatic nitrogens is 11. The second-order valence-corrected chi connectivity index (χ2v) is 31.5. The first-order valence-electron chi connectivity index (χ1n) is 42.1. The zero-order chi connectivity index (χ0) is 91.9. The normalized spacial score (nSPS) is 12.9. The number of ether oxygens (including phenoxy) is 10. The van der Waals surface area contributed by atoms with E-state index in [4.69, 9.17) is 64.0 Å². The lowest BCUT2D eigenvalue weighted by Crippen LogP contribution is -2.33. The van der Waals surface area contributed by atoms with Crippen molar-refractivity contribution in [2.24, 2.45) is 40.2 Å². The summed E-state index contributed by atoms with van der Waals surface area (Å²) in [6.07, 6.45) is 6.06. The number of aliphatic imine (C=N–C) groups is 1. The molecule has 3 atom stereocenters. The Balaban J connectivity index is 0.512. The molecule has 45 heteroatoms. The van der Waals surface area contributed by atoms with Crippen molar-refractivity contribution in [1.82, 2.24) is 84.0 Å². The molecule has 2 unspecified atom stereocenters. The number of aliphatic hydroxyl groups is 2. The van der Waals surface area contributed by atoms with Gasteiger partial charge in [-0.3, -0.25) is 47.9 Å². The van der Waals surface area contributed by atoms with Gasteiger partial charge in [0.25, 0.3) is 23.6 Å². The van der Waals surface area contributed by atoms with Crippen LogP contribution in [0.3, 0.4) is 0 Å². The van der Waals surface area contributed by atoms with Crippen molar-refractivity contribution >= 4 is 105 Å². The largest absolute Gasteiger partial charge is 0.379 e. The van der Waals surface area contributed by atoms with Gasteiger partial charge in [0, 0.05) is 139 Å². The number of anilines is 5. The van der Waals surface area contributed by atoms with E-state index < -0.39 is 48.0 Å². The Morgan fingerprint density at radius 3 is 1.54 bits per heavy atom. The fraction of sp³-hybridized carbons (Fsp3) is 0.542. The highest BCUT2D eigenvalue weighted by atomic mass is 35.5. The average Bonchev–Trinajstić information content (AvgIpc) is 1.59. The first-order valence-corrected chi connectivity index (χ1v) is 43.3. The fourth-order valence-corrected chi connectivity index (χ4v) is 14.2. The summed E-state index contributed by atoms with van der Waals surface area (Å²) in [5.41, 5.74) is 4.89. The molecule has 0 saturated heterocycles. The van der Waals surface area contributed by atoms with Gasteiger partial charge in [-0.2, -0.15) is 0 Å². The number of amides is 8. The lowest BCUT2D eigenvalue weighted by atomic mass is 9.99. The number of benzene rings is 1. The van der Waals surface area contributed by atoms with E-state index in [1.165, 1.54) is 58.4 Å². The number of fused-ring (bicyclic) bond motifs is 3. The van der Waals surface area contributed by atoms with Crippen LogP contribution in [-0.2, 0) is 102 Å². The molecule has 0 radical (unpaired) electrons. The second kappa shape index (κ2) is 53.1. The summed E-state index contributed by atoms with van der Waals surface area (Å²) < 4.78 is 65.3. The van der Waals surface area contributed by atoms with Crippen LogP contribution in [0.1, 0.15) is 132 Å². The zero-order valence-electron chi connectivity index (χ0n) is 74.1. The maximum absolute atomic E-state index is 13.4. The third kappa shape index (κ3) is 33.0. The SMILES string of the molecule is Cc1sc2c(c1C)C(c1ccc(Cl)cc1)=N[C@@H](CC(=O)NCCOCCOCCOCCOCCOCCOCCOCCOCCOCCOCCC(=O)Nc1cn(C)c(C(O)Nc3cc(C(=O)NCCC(=O)Nc4cn(C)c(C(=O)Nc5cc(C(=O)NCCC(O)Nc6cn(C)c(C(=O)NCCC(=O)NCCCN(C)C)n6)n(C)c5)n4)n(C)c3)n1)c1nnc(C)n1-2. The summed E-state index contributed by atoms with van der Waals surface area (Å²) in [4.78, 5) is 125. The number of hydrogen-bond acceptors (Lipinski definition) is 30. The van der Waals surface area contributed by atoms with E-state index in [0.29, 0.717) is 149 Å². The molecule has 0 bridgehead atoms. The Kier molecular flexibility index (Phi) is 41.8. The molecule has 12 N–H and O–H groups in total. The smallest absolute Gasteiger partial charge is 0.291 e. The number of aliphatic hydroxyl groups excluding tert-OH is 2. The van der Waals surface area contributed by atoms with Crippen LogP contribution in [0.15, 0.2) is 72.4 Å². The van der Waals surface area contributed by atoms with Crippen LogP contribution in [0.25, 0.3) is 5.00 Å². The molecule has 128 heavy (non-hydrogen) atoms. The third-order valence-corrected chi connectivity index (χ3v) is 20.9. The van der Waals surface area contributed by atoms with Gasteiger partial charge < -0.3 is 138 Å². The van der Waals surface area contributed by atoms with Crippen LogP contribution < -0.4 is 53.2 Å². The Bertz CT molecular complexity index is 4920. The number of nitrogens with zero attached hydrogens (tertiary/aromatic N) is 13. The molecule has 0 fully saturated rings. The average molecular weight is 1830 g/mol. The van der Waals surface area contributed by atoms with Gasteiger partial charge in [-0.25, -0.2) is 15.0 Å². The predicted octanol–water partition coefficient (Wildman–Crippen LogP) is 3.23. The van der Waals surface area contributed by atoms with E-state index in [-0.39, 0.29) is 135 Å². The maximum atomic E-state index is 13.4. The fourth-order valence-electron chi connectivity index (χ4n) is 12.8. The van der Waals surface area contributed by atoms with Gasteiger partial charge in [-0.1, -0.05) is 23.7 Å². The predicted molar refractivity (Wildman–Crippen MR) is 475 cm³/mol. The van der Waals surface area contributed by atoms with Crippen molar-refractivity contribution < 1.29 is 95.9 Å². The Labute approximate surface area is 750 Å². The Hall–Kier alpha value is -10.9. The van der Waals surface area contributed by atoms with E-state index in [0.717, 1.165) is 46.2 Å². The zero-order valence-corrected chi connectivity index (χ0v) is 75.6. The van der Waals surface area contributed by atoms with Gasteiger partial charge in [0.1, 0.15) is 40.3 Å². The minimum atomic E-state index is -1.35. The lowest BCUT2D eigenvalue weighted by Gasteiger charge is -2.13. The Morgan fingerprint density at radius 1 is 0.484 bits per heavy atom. The number of aryl methyl sites for hydroxylation is 7. The number of nitrogens with one attached hydrogen (secondary N) is 10. The molecule has 8 heterocycles. The first kappa shape index (κ1) is 101. The summed E-state index contributed by atoms with van der Waals surface area (Å²) in [5.74, 6) is -1.32. The minimum Gasteiger partial charge on any atom is -0.379 e. The van der Waals surface area contributed by atoms with Crippen molar-refractivity contribution in [2.75, 3.05) is 212 Å². The topological polar surface area (TPSA) is 499 Å². The van der Waals surface area contributed by atoms with Crippen molar-refractivity contribution in [3.8, 4) is 5.00 Å². The summed E-state index contributed by atoms with van der Waals surface area (Å²) >= 11 is 7.90. The molecule has 1 aromatic carbocycles. The number of rotatable bonds is 61. The molecule has 700 valence electrons. The van der Waals surface area contributed by atoms with E-state index in [2.05, 4.69) is 92.2 Å². The maximum Gasteiger partial charge on any atom is 0.291 e. The highest BCUT2D eigenvalue weighted by Crippen LogP contribution is 2.40. The van der Waals surface area contributed by atoms with Crippen molar-refractivity contribution in [2.45, 2.75) is 77.8 Å². The minimum absolute atomic E-state index is 0.0384. The van der Waals surface area contributed by atoms with Gasteiger partial charge >= 0.3 is 0 Å². The molecule has 8 aromatic rings. The van der Waals surface area contributed by atoms with Gasteiger partial charge in [0.15, 0.2) is 29.5 Å². The van der Waals surface area contributed by atoms with E-state index >= 15 is 0 Å². The molecule has 8 amide bonds. The molecule has 43 nitrogen and oxygen atoms in total. The number of carbonyl (C=O) groups is 8. The standard InChI is InChI=1S/C83H120ClN23O20S/c1-54-55(2)128-83-72(54)73(57-12-14-58(84)15-13-57)92-61(74-100-99-56(3)107(74)83)48-71(112)86-24-27-119-29-31-121-33-35-123-37-39-125-41-43-127-45-44-126-42-40-124-38-36-122-34-32-120-30-28-118-26-19-70(111)95-66-53-106(10)77(98-66)82(117)91-60-47-63(103(7)50-60)79(114)88-23-18-69(110)94-65-52-105(9)76(97-65)81(116)90-59-46-62(102(6)49-59)78(113)87-22-17-68(109)93-64-51-104(8)75(96-64)80(115)89-21-16-67(108)85-20-11-25-101(4)5/h12-15,46-47,49-53,61,68,82,91,93,109,117H,11,16-45,48H2,1-10H3,(H,85,108)(H,86,112)(H,87,113)(H,88,114)(H,89,115)(H,90,116)(H,94,110)(H,95,111)/t61-,68?,82?/m0/s1. The molecular formula is C83H120ClN23O20S. The summed E-state index contributed by atoms with van der Waals surface area (Å²) in [7, 11) is 12.0. The molecule has 0 spiro atoms. The highest BCUT2D eigenvalue weighted by Gasteiger charge is 2.33. The van der Waals surface area contributed by atoms with Crippen molar-refractivity contribution in [1.29, 1.82) is 0 Å². The van der Waals surface area contributed by atoms with Gasteiger partial charge in [-0.15, -0.1) is 21.5 Å². The number of carbonyl (C=O) groups excluding carboxylic acids is 8. The highest BCUT2D eigenvalue weighted by molar-refractivity contribution is 7.15. The quantitative estimate of drug-likeness (QED) is 0.0192. The molecule has 0 aliphatic carbocycles. The molecule has 7 aromatic heterocycles. The summed E-state index contributed by atoms with van der Waals surface area (Å²) in [6.45, 7) is 15.3. The third-order valence-electron chi connectivity index (χ3n) is 19.4. The molecule has 1 aliphatic rings. The molecule has 0 saturated carbocycles. The summed E-state index contributed by atoms with van der Waals surface area (Å²) in [6, 6.07) is 9.98. The second-order valence-electron chi connectivity index (χ2n) is 29.8. The summed E-state index contributed by atoms with van der Waals surface area (Å²) in [5, 5.41) is 59.9. The van der Waals surface area contributed by atoms with E-state index in [1.54, 1.807) is 59.0 Å². The van der Waals surface area contributed by atoms with E-state index in [9.17, 15) is 48.6 Å². The monoisotopic (exact) mass is 1830 g/mol. The van der Waals surface area contributed by atoms with Crippen LogP contribution in [0.5, 0.6) is 0 Å². The van der Waals surface area contributed by atoms with E-state index in [1.807, 2.05) is 54.8 Å². The van der Waals surface area contributed by atoms with Crippen LogP contribution in [0.2, 0.25) is 5.02 Å². The molecule has 9 rings (SSSR count). The number of thiophene rings is 1. The molecular weight excluding hydrogens is 1710 g/mol. The number of imidazole rings is 3. The first-order chi connectivity index (χ1) is 61.7. The molecule has 1 aliphatic heterocycles. The van der Waals surface area contributed by atoms with Crippen LogP contribution >= 0.6 is 22.9 Å². The Morgan fingerprint density at radius 2 is 0.961 bits per heavy atom. The number of halogens is 1. The number of hydrogen-bond donors (Lipinski definition) is 12. The van der Waals surface area contributed by atoms with Crippen LogP contribution in [-0.4, -0.2) is 312 Å². The van der Waals surface area contributed by atoms with Gasteiger partial charge in [-0.05, 0) is 77.7 Å². The van der Waals surface area contributed by atoms with Crippen molar-refractivity contribution in [3.63, 3.8) is 0 Å². The van der Waals surface area contributed by atoms with Crippen LogP contribution in [0, 0.1) is 20.8 Å². The van der Waals surface area contributed by atoms with Crippen LogP contribution in [0.4, 0.5) is 28.8 Å². The van der Waals surface area contributed by atoms with Crippen molar-refractivity contribution in [3.05, 3.63) is 134 Å². The van der Waals surface area contributed by atoms with Gasteiger partial charge in [0.05, 0.1) is 162 Å². The van der Waals surface area contributed by atoms with Gasteiger partial charge in [0.2, 0.25) is 35.3 Å².